The number of carboxylic acids is 1. The van der Waals surface area contributed by atoms with Crippen molar-refractivity contribution in [2.24, 2.45) is 0 Å². The molecule has 1 aromatic carbocycles. The van der Waals surface area contributed by atoms with Crippen molar-refractivity contribution >= 4 is 69.5 Å². The average Bonchev–Trinajstić information content (AvgIpc) is 2.65. The van der Waals surface area contributed by atoms with Crippen molar-refractivity contribution in [1.82, 2.24) is 4.90 Å². The van der Waals surface area contributed by atoms with Crippen LogP contribution in [0.4, 0.5) is 0 Å². The number of halogens is 2. The zero-order valence-corrected chi connectivity index (χ0v) is 13.6. The molecule has 4 nitrogen and oxygen atoms in total. The number of rotatable bonds is 4. The molecule has 0 saturated carbocycles. The van der Waals surface area contributed by atoms with Gasteiger partial charge in [-0.15, -0.1) is 0 Å². The van der Waals surface area contributed by atoms with Crippen molar-refractivity contribution in [1.29, 1.82) is 0 Å². The monoisotopic (exact) mass is 360 g/mol. The van der Waals surface area contributed by atoms with Gasteiger partial charge in [0.25, 0.3) is 5.91 Å². The summed E-state index contributed by atoms with van der Waals surface area (Å²) in [6.45, 7) is -0.00130. The van der Waals surface area contributed by atoms with Crippen molar-refractivity contribution in [3.8, 4) is 0 Å². The molecule has 0 bridgehead atoms. The highest BCUT2D eigenvalue weighted by atomic mass is 35.5. The SMILES string of the molecule is O=C([O-])CCN1C(=O)/C(=C/c2ccc(Cl)cc2Cl)SC1=S. The lowest BCUT2D eigenvalue weighted by Gasteiger charge is -2.14. The van der Waals surface area contributed by atoms with E-state index in [4.69, 9.17) is 35.4 Å². The number of carboxylic acid groups (broad SMARTS) is 1. The summed E-state index contributed by atoms with van der Waals surface area (Å²) in [5, 5.41) is 11.4. The molecule has 0 N–H and O–H groups in total. The third-order valence-electron chi connectivity index (χ3n) is 2.66. The second-order valence-corrected chi connectivity index (χ2v) is 6.64. The van der Waals surface area contributed by atoms with Crippen LogP contribution in [0.15, 0.2) is 23.1 Å². The van der Waals surface area contributed by atoms with E-state index in [2.05, 4.69) is 0 Å². The van der Waals surface area contributed by atoms with Crippen LogP contribution < -0.4 is 5.11 Å². The molecule has 0 unspecified atom stereocenters. The van der Waals surface area contributed by atoms with Gasteiger partial charge in [0, 0.05) is 29.0 Å². The van der Waals surface area contributed by atoms with Crippen LogP contribution in [0.25, 0.3) is 6.08 Å². The number of nitrogens with zero attached hydrogens (tertiary/aromatic N) is 1. The van der Waals surface area contributed by atoms with Gasteiger partial charge in [-0.25, -0.2) is 0 Å². The van der Waals surface area contributed by atoms with Crippen molar-refractivity contribution in [3.63, 3.8) is 0 Å². The van der Waals surface area contributed by atoms with Gasteiger partial charge in [0.1, 0.15) is 4.32 Å². The maximum absolute atomic E-state index is 12.2. The van der Waals surface area contributed by atoms with Gasteiger partial charge in [-0.1, -0.05) is 53.2 Å². The molecule has 21 heavy (non-hydrogen) atoms. The maximum atomic E-state index is 12.2. The van der Waals surface area contributed by atoms with Gasteiger partial charge >= 0.3 is 0 Å². The Morgan fingerprint density at radius 3 is 2.76 bits per heavy atom. The van der Waals surface area contributed by atoms with E-state index in [0.29, 0.717) is 24.8 Å². The molecular weight excluding hydrogens is 353 g/mol. The van der Waals surface area contributed by atoms with Crippen LogP contribution in [-0.4, -0.2) is 27.6 Å². The van der Waals surface area contributed by atoms with Crippen molar-refractivity contribution < 1.29 is 14.7 Å². The van der Waals surface area contributed by atoms with Crippen LogP contribution in [0.1, 0.15) is 12.0 Å². The highest BCUT2D eigenvalue weighted by Crippen LogP contribution is 2.34. The minimum Gasteiger partial charge on any atom is -0.550 e. The van der Waals surface area contributed by atoms with E-state index in [1.807, 2.05) is 0 Å². The normalized spacial score (nSPS) is 16.9. The highest BCUT2D eigenvalue weighted by molar-refractivity contribution is 8.26. The molecule has 110 valence electrons. The number of carbonyl (C=O) groups excluding carboxylic acids is 2. The molecule has 1 amide bonds. The molecule has 8 heteroatoms. The van der Waals surface area contributed by atoms with E-state index in [0.717, 1.165) is 11.8 Å². The predicted octanol–water partition coefficient (Wildman–Crippen LogP) is 2.33. The quantitative estimate of drug-likeness (QED) is 0.609. The zero-order valence-electron chi connectivity index (χ0n) is 10.5. The summed E-state index contributed by atoms with van der Waals surface area (Å²) < 4.78 is 0.317. The summed E-state index contributed by atoms with van der Waals surface area (Å²) >= 11 is 18.0. The van der Waals surface area contributed by atoms with E-state index in [1.165, 1.54) is 4.90 Å². The first kappa shape index (κ1) is 16.3. The van der Waals surface area contributed by atoms with Gasteiger partial charge in [-0.05, 0) is 23.8 Å². The number of amides is 1. The third-order valence-corrected chi connectivity index (χ3v) is 4.60. The second kappa shape index (κ2) is 6.79. The highest BCUT2D eigenvalue weighted by Gasteiger charge is 2.31. The van der Waals surface area contributed by atoms with E-state index < -0.39 is 5.97 Å². The van der Waals surface area contributed by atoms with Gasteiger partial charge in [0.2, 0.25) is 0 Å². The van der Waals surface area contributed by atoms with Crippen LogP contribution in [0.3, 0.4) is 0 Å². The molecule has 1 fully saturated rings. The number of hydrogen-bond donors (Lipinski definition) is 0. The number of benzene rings is 1. The molecule has 0 aliphatic carbocycles. The zero-order chi connectivity index (χ0) is 15.6. The van der Waals surface area contributed by atoms with Gasteiger partial charge in [-0.2, -0.15) is 0 Å². The Bertz CT molecular complexity index is 661. The van der Waals surface area contributed by atoms with E-state index in [9.17, 15) is 14.7 Å². The van der Waals surface area contributed by atoms with Gasteiger partial charge in [0.15, 0.2) is 0 Å². The number of thiocarbonyl (C=S) groups is 1. The molecular formula is C13H8Cl2NO3S2-. The second-order valence-electron chi connectivity index (χ2n) is 4.12. The molecule has 0 spiro atoms. The molecule has 1 heterocycles. The first-order chi connectivity index (χ1) is 9.88. The predicted molar refractivity (Wildman–Crippen MR) is 86.0 cm³/mol. The Morgan fingerprint density at radius 1 is 1.43 bits per heavy atom. The van der Waals surface area contributed by atoms with Crippen molar-refractivity contribution in [2.45, 2.75) is 6.42 Å². The molecule has 1 aliphatic heterocycles. The maximum Gasteiger partial charge on any atom is 0.266 e. The summed E-state index contributed by atoms with van der Waals surface area (Å²) in [7, 11) is 0. The Hall–Kier alpha value is -1.08. The summed E-state index contributed by atoms with van der Waals surface area (Å²) in [5.41, 5.74) is 0.640. The number of carbonyl (C=O) groups is 2. The number of hydrogen-bond acceptors (Lipinski definition) is 5. The summed E-state index contributed by atoms with van der Waals surface area (Å²) in [4.78, 5) is 24.3. The lowest BCUT2D eigenvalue weighted by Crippen LogP contribution is -2.33. The summed E-state index contributed by atoms with van der Waals surface area (Å²) in [6.07, 6.45) is 1.35. The fourth-order valence-corrected chi connectivity index (χ4v) is 3.42. The standard InChI is InChI=1S/C13H9Cl2NO3S2/c14-8-2-1-7(9(15)6-8)5-10-12(19)16(13(20)21-10)4-3-11(17)18/h1-2,5-6H,3-4H2,(H,17,18)/p-1/b10-5-. The van der Waals surface area contributed by atoms with Crippen LogP contribution in [0, 0.1) is 0 Å². The first-order valence-corrected chi connectivity index (χ1v) is 7.77. The largest absolute Gasteiger partial charge is 0.550 e. The van der Waals surface area contributed by atoms with Crippen LogP contribution in [0.5, 0.6) is 0 Å². The lowest BCUT2D eigenvalue weighted by molar-refractivity contribution is -0.305. The summed E-state index contributed by atoms with van der Waals surface area (Å²) in [5.74, 6) is -1.56. The fraction of sp³-hybridized carbons (Fsp3) is 0.154. The Kier molecular flexibility index (Phi) is 5.27. The topological polar surface area (TPSA) is 60.4 Å². The van der Waals surface area contributed by atoms with Gasteiger partial charge in [-0.3, -0.25) is 9.69 Å². The van der Waals surface area contributed by atoms with Gasteiger partial charge < -0.3 is 9.90 Å². The lowest BCUT2D eigenvalue weighted by atomic mass is 10.2. The van der Waals surface area contributed by atoms with Gasteiger partial charge in [0.05, 0.1) is 4.91 Å². The van der Waals surface area contributed by atoms with E-state index in [-0.39, 0.29) is 18.9 Å². The third kappa shape index (κ3) is 3.97. The molecule has 0 radical (unpaired) electrons. The average molecular weight is 361 g/mol. The van der Waals surface area contributed by atoms with Crippen molar-refractivity contribution in [3.05, 3.63) is 38.7 Å². The van der Waals surface area contributed by atoms with Crippen LogP contribution in [0.2, 0.25) is 10.0 Å². The molecule has 1 saturated heterocycles. The van der Waals surface area contributed by atoms with Crippen LogP contribution in [-0.2, 0) is 9.59 Å². The molecule has 0 aromatic heterocycles. The fourth-order valence-electron chi connectivity index (χ4n) is 1.66. The molecule has 1 aliphatic rings. The molecule has 2 rings (SSSR count). The number of aliphatic carboxylic acids is 1. The van der Waals surface area contributed by atoms with Crippen LogP contribution >= 0.6 is 47.2 Å². The minimum atomic E-state index is -1.23. The first-order valence-electron chi connectivity index (χ1n) is 5.79. The van der Waals surface area contributed by atoms with E-state index in [1.54, 1.807) is 24.3 Å². The molecule has 0 atom stereocenters. The minimum absolute atomic E-state index is 0.00130. The summed E-state index contributed by atoms with van der Waals surface area (Å²) in [6, 6.07) is 4.93. The number of thioether (sulfide) groups is 1. The Balaban J connectivity index is 2.21. The Labute approximate surface area is 140 Å². The van der Waals surface area contributed by atoms with E-state index >= 15 is 0 Å². The van der Waals surface area contributed by atoms with Crippen molar-refractivity contribution in [2.75, 3.05) is 6.54 Å². The smallest absolute Gasteiger partial charge is 0.266 e. The molecule has 1 aromatic rings. The Morgan fingerprint density at radius 2 is 2.14 bits per heavy atom.